The summed E-state index contributed by atoms with van der Waals surface area (Å²) in [5.41, 5.74) is 4.38. The number of imidazole rings is 1. The summed E-state index contributed by atoms with van der Waals surface area (Å²) in [4.78, 5) is 15.6. The summed E-state index contributed by atoms with van der Waals surface area (Å²) < 4.78 is 15.5. The first-order valence-corrected chi connectivity index (χ1v) is 9.74. The maximum Gasteiger partial charge on any atom is 0.198 e. The van der Waals surface area contributed by atoms with Crippen LogP contribution in [0.1, 0.15) is 36.4 Å². The lowest BCUT2D eigenvalue weighted by molar-refractivity contribution is 0.117. The van der Waals surface area contributed by atoms with E-state index in [-0.39, 0.29) is 56.5 Å². The predicted molar refractivity (Wildman–Crippen MR) is 120 cm³/mol. The number of fused-ring (bicyclic) bond motifs is 1. The quantitative estimate of drug-likeness (QED) is 0.240. The Kier molecular flexibility index (Phi) is 5.19. The van der Waals surface area contributed by atoms with Crippen LogP contribution in [0, 0.1) is 11.2 Å². The fraction of sp³-hybridized carbons (Fsp3) is 0.130. The Morgan fingerprint density at radius 1 is 1.09 bits per heavy atom. The van der Waals surface area contributed by atoms with E-state index in [1.165, 1.54) is 32.3 Å². The molecule has 8 nitrogen and oxygen atoms in total. The van der Waals surface area contributed by atoms with Crippen molar-refractivity contribution in [2.45, 2.75) is 19.4 Å². The second-order valence-electron chi connectivity index (χ2n) is 7.36. The number of hydrogen-bond donors (Lipinski definition) is 5. The molecule has 32 heavy (non-hydrogen) atoms. The molecule has 162 valence electrons. The average molecular weight is 432 g/mol. The van der Waals surface area contributed by atoms with Crippen LogP contribution in [0.15, 0.2) is 60.6 Å². The number of aromatic nitrogens is 4. The second kappa shape index (κ2) is 7.86. The summed E-state index contributed by atoms with van der Waals surface area (Å²) in [5, 5.41) is 30.4. The van der Waals surface area contributed by atoms with Crippen molar-refractivity contribution in [3.8, 4) is 0 Å². The van der Waals surface area contributed by atoms with Gasteiger partial charge in [-0.1, -0.05) is 12.1 Å². The molecule has 0 atom stereocenters. The summed E-state index contributed by atoms with van der Waals surface area (Å²) in [6.07, 6.45) is 3.05. The molecule has 0 aliphatic heterocycles. The van der Waals surface area contributed by atoms with E-state index < -0.39 is 11.4 Å². The van der Waals surface area contributed by atoms with Crippen molar-refractivity contribution in [1.82, 2.24) is 19.9 Å². The van der Waals surface area contributed by atoms with Gasteiger partial charge in [0, 0.05) is 34.8 Å². The normalized spacial score (nSPS) is 12.6. The number of anilines is 1. The standard InChI is InChI=1S/C23H21FN6O2/c1-12(25)18(13(2)31)14-11-15(20-21(19(14)24)30-22(26)29-20)23(32,16-7-3-5-9-27-16)17-8-4-6-10-28-17/h3-11,25,31-32H,1-2H3,(H3,26,29,30)/b18-13+,25-12?. The van der Waals surface area contributed by atoms with Crippen LogP contribution in [0.2, 0.25) is 0 Å². The number of nitrogens with one attached hydrogen (secondary N) is 2. The first kappa shape index (κ1) is 21.1. The molecule has 9 heteroatoms. The maximum absolute atomic E-state index is 15.5. The summed E-state index contributed by atoms with van der Waals surface area (Å²) in [7, 11) is 0. The van der Waals surface area contributed by atoms with Crippen molar-refractivity contribution in [2.24, 2.45) is 0 Å². The lowest BCUT2D eigenvalue weighted by Crippen LogP contribution is -2.32. The van der Waals surface area contributed by atoms with Crippen LogP contribution in [0.5, 0.6) is 0 Å². The maximum atomic E-state index is 15.5. The minimum Gasteiger partial charge on any atom is -0.512 e. The molecule has 0 radical (unpaired) electrons. The number of nitrogens with zero attached hydrogens (tertiary/aromatic N) is 3. The highest BCUT2D eigenvalue weighted by atomic mass is 19.1. The molecular weight excluding hydrogens is 411 g/mol. The van der Waals surface area contributed by atoms with Gasteiger partial charge in [-0.2, -0.15) is 0 Å². The molecule has 0 unspecified atom stereocenters. The van der Waals surface area contributed by atoms with Gasteiger partial charge in [0.1, 0.15) is 11.0 Å². The van der Waals surface area contributed by atoms with Crippen LogP contribution < -0.4 is 5.73 Å². The Labute approximate surface area is 182 Å². The van der Waals surface area contributed by atoms with Crippen LogP contribution in [-0.2, 0) is 5.60 Å². The van der Waals surface area contributed by atoms with Gasteiger partial charge in [0.05, 0.1) is 17.1 Å². The van der Waals surface area contributed by atoms with Crippen LogP contribution in [0.3, 0.4) is 0 Å². The molecule has 0 spiro atoms. The van der Waals surface area contributed by atoms with Gasteiger partial charge in [-0.3, -0.25) is 9.97 Å². The van der Waals surface area contributed by atoms with Crippen molar-refractivity contribution in [2.75, 3.05) is 5.73 Å². The van der Waals surface area contributed by atoms with Crippen molar-refractivity contribution in [3.63, 3.8) is 0 Å². The second-order valence-corrected chi connectivity index (χ2v) is 7.36. The highest BCUT2D eigenvalue weighted by molar-refractivity contribution is 6.22. The molecule has 3 aromatic heterocycles. The number of H-pyrrole nitrogens is 1. The molecule has 4 rings (SSSR count). The fourth-order valence-corrected chi connectivity index (χ4v) is 3.84. The van der Waals surface area contributed by atoms with Crippen LogP contribution >= 0.6 is 0 Å². The van der Waals surface area contributed by atoms with Gasteiger partial charge in [0.2, 0.25) is 0 Å². The Morgan fingerprint density at radius 2 is 1.69 bits per heavy atom. The van der Waals surface area contributed by atoms with E-state index in [4.69, 9.17) is 11.1 Å². The Hall–Kier alpha value is -4.11. The van der Waals surface area contributed by atoms with E-state index in [1.807, 2.05) is 0 Å². The molecule has 0 aliphatic rings. The van der Waals surface area contributed by atoms with Crippen molar-refractivity contribution < 1.29 is 14.6 Å². The van der Waals surface area contributed by atoms with E-state index >= 15 is 4.39 Å². The number of benzene rings is 1. The van der Waals surface area contributed by atoms with Gasteiger partial charge >= 0.3 is 0 Å². The van der Waals surface area contributed by atoms with Gasteiger partial charge in [-0.05, 0) is 44.2 Å². The smallest absolute Gasteiger partial charge is 0.198 e. The summed E-state index contributed by atoms with van der Waals surface area (Å²) in [6.45, 7) is 2.80. The number of aromatic amines is 1. The third-order valence-electron chi connectivity index (χ3n) is 5.19. The van der Waals surface area contributed by atoms with Crippen molar-refractivity contribution in [1.29, 1.82) is 5.41 Å². The molecular formula is C23H21FN6O2. The number of pyridine rings is 2. The van der Waals surface area contributed by atoms with E-state index in [1.54, 1.807) is 36.4 Å². The number of rotatable bonds is 5. The molecule has 0 amide bonds. The Balaban J connectivity index is 2.18. The molecule has 0 saturated heterocycles. The van der Waals surface area contributed by atoms with Crippen LogP contribution in [-0.4, -0.2) is 35.9 Å². The van der Waals surface area contributed by atoms with Crippen molar-refractivity contribution >= 4 is 28.3 Å². The van der Waals surface area contributed by atoms with Crippen LogP contribution in [0.4, 0.5) is 10.3 Å². The van der Waals surface area contributed by atoms with E-state index in [0.29, 0.717) is 0 Å². The number of nitrogen functional groups attached to an aromatic ring is 1. The zero-order valence-corrected chi connectivity index (χ0v) is 17.4. The summed E-state index contributed by atoms with van der Waals surface area (Å²) >= 11 is 0. The Morgan fingerprint density at radius 3 is 2.16 bits per heavy atom. The molecule has 4 aromatic rings. The SMILES string of the molecule is CC(=N)/C(=C(/C)O)c1cc(C(O)(c2ccccn2)c2ccccn2)c2nc(N)[nH]c2c1F. The minimum absolute atomic E-state index is 0.0109. The predicted octanol–water partition coefficient (Wildman–Crippen LogP) is 3.69. The molecule has 6 N–H and O–H groups in total. The number of allylic oxidation sites excluding steroid dienone is 2. The monoisotopic (exact) mass is 432 g/mol. The number of hydrogen-bond acceptors (Lipinski definition) is 7. The third-order valence-corrected chi connectivity index (χ3v) is 5.19. The zero-order valence-electron chi connectivity index (χ0n) is 17.4. The van der Waals surface area contributed by atoms with Gasteiger partial charge in [-0.15, -0.1) is 0 Å². The van der Waals surface area contributed by atoms with Gasteiger partial charge in [0.25, 0.3) is 0 Å². The topological polar surface area (TPSA) is 145 Å². The molecule has 0 bridgehead atoms. The molecule has 0 saturated carbocycles. The summed E-state index contributed by atoms with van der Waals surface area (Å²) in [6, 6.07) is 11.4. The molecule has 0 aliphatic carbocycles. The number of halogens is 1. The largest absolute Gasteiger partial charge is 0.512 e. The molecule has 1 aromatic carbocycles. The van der Waals surface area contributed by atoms with Gasteiger partial charge < -0.3 is 26.3 Å². The zero-order chi connectivity index (χ0) is 23.0. The first-order valence-electron chi connectivity index (χ1n) is 9.74. The molecule has 3 heterocycles. The highest BCUT2D eigenvalue weighted by Gasteiger charge is 2.40. The van der Waals surface area contributed by atoms with E-state index in [9.17, 15) is 10.2 Å². The van der Waals surface area contributed by atoms with Crippen molar-refractivity contribution in [3.05, 3.63) is 88.9 Å². The number of nitrogens with two attached hydrogens (primary N) is 1. The number of aliphatic hydroxyl groups is 2. The van der Waals surface area contributed by atoms with E-state index in [2.05, 4.69) is 19.9 Å². The third kappa shape index (κ3) is 3.28. The lowest BCUT2D eigenvalue weighted by atomic mass is 9.83. The van der Waals surface area contributed by atoms with Crippen LogP contribution in [0.25, 0.3) is 16.6 Å². The van der Waals surface area contributed by atoms with Gasteiger partial charge in [-0.25, -0.2) is 9.37 Å². The number of aliphatic hydroxyl groups excluding tert-OH is 1. The van der Waals surface area contributed by atoms with E-state index in [0.717, 1.165) is 0 Å². The molecule has 0 fully saturated rings. The summed E-state index contributed by atoms with van der Waals surface area (Å²) in [5.74, 6) is -1.06. The first-order chi connectivity index (χ1) is 15.2. The van der Waals surface area contributed by atoms with Gasteiger partial charge in [0.15, 0.2) is 17.4 Å². The Bertz CT molecular complexity index is 1310. The lowest BCUT2D eigenvalue weighted by Gasteiger charge is -2.28. The minimum atomic E-state index is -1.94. The average Bonchev–Trinajstić information content (AvgIpc) is 3.17. The highest BCUT2D eigenvalue weighted by Crippen LogP contribution is 2.41. The fourth-order valence-electron chi connectivity index (χ4n) is 3.84.